The number of rotatable bonds is 4. The monoisotopic (exact) mass is 248 g/mol. The number of aromatic nitrogens is 3. The maximum absolute atomic E-state index is 6.11. The number of aryl methyl sites for hydroxylation is 1. The third kappa shape index (κ3) is 3.19. The first-order valence-corrected chi connectivity index (χ1v) is 6.82. The van der Waals surface area contributed by atoms with Crippen LogP contribution in [0, 0.1) is 5.41 Å². The summed E-state index contributed by atoms with van der Waals surface area (Å²) in [7, 11) is 0. The fraction of sp³-hybridized carbons (Fsp3) is 0.714. The Morgan fingerprint density at radius 2 is 2.28 bits per heavy atom. The molecule has 1 atom stereocenters. The fourth-order valence-electron chi connectivity index (χ4n) is 2.89. The summed E-state index contributed by atoms with van der Waals surface area (Å²) < 4.78 is 2.01. The average molecular weight is 248 g/mol. The molecule has 2 N–H and O–H groups in total. The van der Waals surface area contributed by atoms with Crippen molar-refractivity contribution in [2.24, 2.45) is 11.1 Å². The summed E-state index contributed by atoms with van der Waals surface area (Å²) in [6.07, 6.45) is 8.02. The van der Waals surface area contributed by atoms with Gasteiger partial charge in [-0.2, -0.15) is 5.10 Å². The molecule has 0 aliphatic heterocycles. The van der Waals surface area contributed by atoms with Crippen molar-refractivity contribution < 1.29 is 0 Å². The summed E-state index contributed by atoms with van der Waals surface area (Å²) in [5.74, 6) is 1.06. The molecule has 0 aromatic carbocycles. The van der Waals surface area contributed by atoms with E-state index in [4.69, 9.17) is 5.73 Å². The predicted molar refractivity (Wildman–Crippen MR) is 73.1 cm³/mol. The van der Waals surface area contributed by atoms with Gasteiger partial charge in [-0.25, -0.2) is 9.67 Å². The van der Waals surface area contributed by atoms with E-state index < -0.39 is 0 Å². The molecule has 4 nitrogen and oxygen atoms in total. The van der Waals surface area contributed by atoms with Crippen LogP contribution >= 0.6 is 0 Å². The molecule has 0 spiro atoms. The number of allylic oxidation sites excluding steroid dienone is 1. The molecule has 18 heavy (non-hydrogen) atoms. The second-order valence-corrected chi connectivity index (χ2v) is 6.11. The normalized spacial score (nSPS) is 22.9. The van der Waals surface area contributed by atoms with Crippen LogP contribution in [0.5, 0.6) is 0 Å². The highest BCUT2D eigenvalue weighted by molar-refractivity contribution is 5.18. The lowest BCUT2D eigenvalue weighted by Crippen LogP contribution is -2.31. The topological polar surface area (TPSA) is 56.7 Å². The minimum atomic E-state index is 0.186. The Bertz CT molecular complexity index is 431. The van der Waals surface area contributed by atoms with Crippen molar-refractivity contribution in [2.45, 2.75) is 59.0 Å². The molecule has 4 heteroatoms. The summed E-state index contributed by atoms with van der Waals surface area (Å²) in [5, 5.41) is 4.27. The molecule has 0 fully saturated rings. The van der Waals surface area contributed by atoms with Crippen LogP contribution in [0.1, 0.15) is 45.9 Å². The molecule has 1 aliphatic rings. The minimum Gasteiger partial charge on any atom is -0.324 e. The zero-order valence-corrected chi connectivity index (χ0v) is 11.7. The SMILES string of the molecule is CCCn1ncnc1CC1=CC(N)CC(C)(C)C1. The van der Waals surface area contributed by atoms with Crippen LogP contribution in [0.15, 0.2) is 18.0 Å². The van der Waals surface area contributed by atoms with Gasteiger partial charge in [-0.3, -0.25) is 0 Å². The van der Waals surface area contributed by atoms with Gasteiger partial charge in [0.1, 0.15) is 12.2 Å². The van der Waals surface area contributed by atoms with Crippen LogP contribution in [0.2, 0.25) is 0 Å². The molecule has 1 aromatic heterocycles. The Labute approximate surface area is 109 Å². The molecule has 2 rings (SSSR count). The van der Waals surface area contributed by atoms with Crippen LogP contribution in [0.25, 0.3) is 0 Å². The standard InChI is InChI=1S/C14H24N4/c1-4-5-18-13(16-10-17-18)7-11-6-12(15)9-14(2,3)8-11/h6,10,12H,4-5,7-9,15H2,1-3H3. The van der Waals surface area contributed by atoms with Crippen molar-refractivity contribution in [1.29, 1.82) is 0 Å². The van der Waals surface area contributed by atoms with Crippen molar-refractivity contribution >= 4 is 0 Å². The highest BCUT2D eigenvalue weighted by atomic mass is 15.3. The van der Waals surface area contributed by atoms with Gasteiger partial charge in [0.15, 0.2) is 0 Å². The zero-order chi connectivity index (χ0) is 13.2. The van der Waals surface area contributed by atoms with Gasteiger partial charge >= 0.3 is 0 Å². The molecule has 1 aromatic rings. The first-order chi connectivity index (χ1) is 8.50. The van der Waals surface area contributed by atoms with E-state index in [2.05, 4.69) is 36.9 Å². The Balaban J connectivity index is 2.11. The second-order valence-electron chi connectivity index (χ2n) is 6.11. The highest BCUT2D eigenvalue weighted by Gasteiger charge is 2.27. The molecular weight excluding hydrogens is 224 g/mol. The smallest absolute Gasteiger partial charge is 0.138 e. The maximum atomic E-state index is 6.11. The molecule has 0 saturated heterocycles. The van der Waals surface area contributed by atoms with E-state index in [9.17, 15) is 0 Å². The molecule has 0 radical (unpaired) electrons. The highest BCUT2D eigenvalue weighted by Crippen LogP contribution is 2.35. The van der Waals surface area contributed by atoms with E-state index in [0.29, 0.717) is 5.41 Å². The van der Waals surface area contributed by atoms with Crippen LogP contribution in [0.3, 0.4) is 0 Å². The zero-order valence-electron chi connectivity index (χ0n) is 11.7. The van der Waals surface area contributed by atoms with Crippen molar-refractivity contribution in [3.63, 3.8) is 0 Å². The molecular formula is C14H24N4. The minimum absolute atomic E-state index is 0.186. The summed E-state index contributed by atoms with van der Waals surface area (Å²) in [4.78, 5) is 4.37. The number of nitrogens with two attached hydrogens (primary N) is 1. The quantitative estimate of drug-likeness (QED) is 0.832. The maximum Gasteiger partial charge on any atom is 0.138 e. The fourth-order valence-corrected chi connectivity index (χ4v) is 2.89. The number of nitrogens with zero attached hydrogens (tertiary/aromatic N) is 3. The third-order valence-corrected chi connectivity index (χ3v) is 3.46. The van der Waals surface area contributed by atoms with E-state index in [1.807, 2.05) is 4.68 Å². The van der Waals surface area contributed by atoms with Crippen molar-refractivity contribution in [3.05, 3.63) is 23.8 Å². The molecule has 0 saturated carbocycles. The van der Waals surface area contributed by atoms with Crippen molar-refractivity contribution in [1.82, 2.24) is 14.8 Å². The van der Waals surface area contributed by atoms with Gasteiger partial charge in [0, 0.05) is 19.0 Å². The van der Waals surface area contributed by atoms with E-state index in [0.717, 1.165) is 38.1 Å². The molecule has 0 amide bonds. The largest absolute Gasteiger partial charge is 0.324 e. The lowest BCUT2D eigenvalue weighted by molar-refractivity contribution is 0.298. The van der Waals surface area contributed by atoms with Gasteiger partial charge in [-0.1, -0.05) is 32.4 Å². The van der Waals surface area contributed by atoms with Crippen LogP contribution < -0.4 is 5.73 Å². The van der Waals surface area contributed by atoms with Gasteiger partial charge in [0.25, 0.3) is 0 Å². The summed E-state index contributed by atoms with van der Waals surface area (Å²) in [5.41, 5.74) is 7.82. The van der Waals surface area contributed by atoms with E-state index in [1.165, 1.54) is 5.57 Å². The van der Waals surface area contributed by atoms with Gasteiger partial charge in [-0.05, 0) is 24.7 Å². The van der Waals surface area contributed by atoms with Crippen LogP contribution in [-0.4, -0.2) is 20.8 Å². The van der Waals surface area contributed by atoms with Crippen LogP contribution in [-0.2, 0) is 13.0 Å². The van der Waals surface area contributed by atoms with E-state index in [1.54, 1.807) is 6.33 Å². The molecule has 1 aliphatic carbocycles. The Hall–Kier alpha value is -1.16. The summed E-state index contributed by atoms with van der Waals surface area (Å²) in [6.45, 7) is 7.68. The third-order valence-electron chi connectivity index (χ3n) is 3.46. The van der Waals surface area contributed by atoms with Crippen molar-refractivity contribution in [3.8, 4) is 0 Å². The number of hydrogen-bond acceptors (Lipinski definition) is 3. The average Bonchev–Trinajstić information content (AvgIpc) is 2.63. The summed E-state index contributed by atoms with van der Waals surface area (Å²) >= 11 is 0. The van der Waals surface area contributed by atoms with Gasteiger partial charge in [-0.15, -0.1) is 0 Å². The van der Waals surface area contributed by atoms with Crippen LogP contribution in [0.4, 0.5) is 0 Å². The molecule has 0 bridgehead atoms. The summed E-state index contributed by atoms with van der Waals surface area (Å²) in [6, 6.07) is 0.186. The molecule has 100 valence electrons. The number of hydrogen-bond donors (Lipinski definition) is 1. The van der Waals surface area contributed by atoms with E-state index >= 15 is 0 Å². The Morgan fingerprint density at radius 1 is 1.50 bits per heavy atom. The predicted octanol–water partition coefficient (Wildman–Crippen LogP) is 2.30. The lowest BCUT2D eigenvalue weighted by atomic mass is 9.75. The first-order valence-electron chi connectivity index (χ1n) is 6.82. The molecule has 1 heterocycles. The molecule has 1 unspecified atom stereocenters. The Morgan fingerprint density at radius 3 is 2.94 bits per heavy atom. The van der Waals surface area contributed by atoms with Crippen molar-refractivity contribution in [2.75, 3.05) is 0 Å². The van der Waals surface area contributed by atoms with E-state index in [-0.39, 0.29) is 6.04 Å². The lowest BCUT2D eigenvalue weighted by Gasteiger charge is -2.33. The Kier molecular flexibility index (Phi) is 3.85. The van der Waals surface area contributed by atoms with Gasteiger partial charge in [0.05, 0.1) is 0 Å². The second kappa shape index (κ2) is 5.22. The van der Waals surface area contributed by atoms with Gasteiger partial charge in [0.2, 0.25) is 0 Å². The van der Waals surface area contributed by atoms with Gasteiger partial charge < -0.3 is 5.73 Å². The first kappa shape index (κ1) is 13.3.